The zero-order valence-corrected chi connectivity index (χ0v) is 14.9. The smallest absolute Gasteiger partial charge is 0.265 e. The highest BCUT2D eigenvalue weighted by Gasteiger charge is 2.35. The Morgan fingerprint density at radius 3 is 2.75 bits per heavy atom. The third kappa shape index (κ3) is 2.95. The standard InChI is InChI=1S/C18H13ClN2OS2/c19-15-12-8-4-5-9-14(12)24-16(15)17(22)21-18-20-13(10-23-18)11-6-2-1-3-7-11/h1-10,12,14H,(H,20,21,22)/t12-,14+/m0/s1. The Hall–Kier alpha value is -1.82. The summed E-state index contributed by atoms with van der Waals surface area (Å²) in [7, 11) is 0. The molecule has 0 saturated carbocycles. The minimum absolute atomic E-state index is 0.0959. The van der Waals surface area contributed by atoms with Gasteiger partial charge in [0.05, 0.1) is 10.6 Å². The van der Waals surface area contributed by atoms with Gasteiger partial charge < -0.3 is 0 Å². The number of halogens is 1. The van der Waals surface area contributed by atoms with Gasteiger partial charge in [0, 0.05) is 27.1 Å². The van der Waals surface area contributed by atoms with Gasteiger partial charge in [-0.15, -0.1) is 23.1 Å². The number of carbonyl (C=O) groups excluding carboxylic acids is 1. The summed E-state index contributed by atoms with van der Waals surface area (Å²) < 4.78 is 0. The first-order valence-electron chi connectivity index (χ1n) is 7.46. The van der Waals surface area contributed by atoms with Crippen molar-refractivity contribution in [2.24, 2.45) is 5.92 Å². The van der Waals surface area contributed by atoms with E-state index in [0.717, 1.165) is 11.3 Å². The lowest BCUT2D eigenvalue weighted by atomic mass is 10.00. The number of thiazole rings is 1. The largest absolute Gasteiger partial charge is 0.297 e. The van der Waals surface area contributed by atoms with Crippen molar-refractivity contribution in [3.05, 3.63) is 70.0 Å². The van der Waals surface area contributed by atoms with Crippen LogP contribution >= 0.6 is 34.7 Å². The molecule has 2 heterocycles. The molecule has 0 spiro atoms. The Morgan fingerprint density at radius 1 is 1.17 bits per heavy atom. The summed E-state index contributed by atoms with van der Waals surface area (Å²) in [6, 6.07) is 9.89. The fourth-order valence-electron chi connectivity index (χ4n) is 2.66. The van der Waals surface area contributed by atoms with E-state index in [1.165, 1.54) is 23.1 Å². The number of amides is 1. The maximum Gasteiger partial charge on any atom is 0.265 e. The molecule has 0 saturated heterocycles. The van der Waals surface area contributed by atoms with E-state index < -0.39 is 0 Å². The van der Waals surface area contributed by atoms with Crippen molar-refractivity contribution < 1.29 is 4.79 Å². The van der Waals surface area contributed by atoms with E-state index in [-0.39, 0.29) is 17.1 Å². The monoisotopic (exact) mass is 372 g/mol. The van der Waals surface area contributed by atoms with Crippen molar-refractivity contribution in [3.8, 4) is 11.3 Å². The lowest BCUT2D eigenvalue weighted by Crippen LogP contribution is -2.12. The van der Waals surface area contributed by atoms with Crippen LogP contribution in [0.25, 0.3) is 11.3 Å². The van der Waals surface area contributed by atoms with Crippen LogP contribution in [0, 0.1) is 5.92 Å². The molecule has 0 radical (unpaired) electrons. The second-order valence-electron chi connectivity index (χ2n) is 5.41. The molecule has 3 nitrogen and oxygen atoms in total. The highest BCUT2D eigenvalue weighted by molar-refractivity contribution is 8.05. The van der Waals surface area contributed by atoms with Gasteiger partial charge in [-0.25, -0.2) is 4.98 Å². The molecule has 6 heteroatoms. The van der Waals surface area contributed by atoms with Crippen molar-refractivity contribution in [2.45, 2.75) is 5.25 Å². The molecule has 1 N–H and O–H groups in total. The molecule has 1 aromatic heterocycles. The molecule has 120 valence electrons. The van der Waals surface area contributed by atoms with Crippen LogP contribution in [0.5, 0.6) is 0 Å². The van der Waals surface area contributed by atoms with Crippen LogP contribution in [0.15, 0.2) is 70.0 Å². The summed E-state index contributed by atoms with van der Waals surface area (Å²) in [5.74, 6) is -0.0891. The first kappa shape index (κ1) is 15.7. The number of nitrogens with one attached hydrogen (secondary N) is 1. The Labute approximate surface area is 153 Å². The molecular formula is C18H13ClN2OS2. The average Bonchev–Trinajstić information content (AvgIpc) is 3.21. The third-order valence-corrected chi connectivity index (χ3v) is 6.52. The van der Waals surface area contributed by atoms with Crippen LogP contribution in [0.3, 0.4) is 0 Å². The highest BCUT2D eigenvalue weighted by Crippen LogP contribution is 2.47. The second-order valence-corrected chi connectivity index (χ2v) is 7.87. The molecule has 2 aromatic rings. The van der Waals surface area contributed by atoms with Crippen LogP contribution in [-0.2, 0) is 4.79 Å². The quantitative estimate of drug-likeness (QED) is 0.819. The normalized spacial score (nSPS) is 21.9. The van der Waals surface area contributed by atoms with Gasteiger partial charge in [-0.3, -0.25) is 10.1 Å². The summed E-state index contributed by atoms with van der Waals surface area (Å²) in [4.78, 5) is 17.6. The molecule has 24 heavy (non-hydrogen) atoms. The van der Waals surface area contributed by atoms with Gasteiger partial charge in [-0.2, -0.15) is 0 Å². The van der Waals surface area contributed by atoms with E-state index >= 15 is 0 Å². The maximum atomic E-state index is 12.6. The molecule has 1 aliphatic heterocycles. The molecule has 0 unspecified atom stereocenters. The number of thioether (sulfide) groups is 1. The number of allylic oxidation sites excluding steroid dienone is 4. The fourth-order valence-corrected chi connectivity index (χ4v) is 5.10. The zero-order chi connectivity index (χ0) is 16.5. The van der Waals surface area contributed by atoms with Crippen LogP contribution in [0.1, 0.15) is 0 Å². The van der Waals surface area contributed by atoms with Crippen LogP contribution in [0.4, 0.5) is 5.13 Å². The Morgan fingerprint density at radius 2 is 1.96 bits per heavy atom. The van der Waals surface area contributed by atoms with Gasteiger partial charge in [0.1, 0.15) is 0 Å². The Bertz CT molecular complexity index is 870. The maximum absolute atomic E-state index is 12.6. The van der Waals surface area contributed by atoms with Gasteiger partial charge in [-0.05, 0) is 0 Å². The van der Waals surface area contributed by atoms with Gasteiger partial charge in [0.25, 0.3) is 5.91 Å². The van der Waals surface area contributed by atoms with Crippen LogP contribution in [-0.4, -0.2) is 16.1 Å². The third-order valence-electron chi connectivity index (χ3n) is 3.85. The van der Waals surface area contributed by atoms with E-state index in [2.05, 4.69) is 16.4 Å². The fraction of sp³-hybridized carbons (Fsp3) is 0.111. The summed E-state index contributed by atoms with van der Waals surface area (Å²) in [6.45, 7) is 0. The predicted octanol–water partition coefficient (Wildman–Crippen LogP) is 5.06. The summed E-state index contributed by atoms with van der Waals surface area (Å²) in [6.07, 6.45) is 8.08. The predicted molar refractivity (Wildman–Crippen MR) is 102 cm³/mol. The molecule has 0 bridgehead atoms. The SMILES string of the molecule is O=C(Nc1nc(-c2ccccc2)cs1)C1=C(Cl)[C@H]2C=CC=C[C@H]2S1. The molecule has 2 aliphatic rings. The molecular weight excluding hydrogens is 360 g/mol. The van der Waals surface area contributed by atoms with Crippen molar-refractivity contribution in [1.29, 1.82) is 0 Å². The van der Waals surface area contributed by atoms with Crippen LogP contribution < -0.4 is 5.32 Å². The van der Waals surface area contributed by atoms with E-state index in [9.17, 15) is 4.79 Å². The number of hydrogen-bond acceptors (Lipinski definition) is 4. The van der Waals surface area contributed by atoms with E-state index in [1.54, 1.807) is 0 Å². The lowest BCUT2D eigenvalue weighted by Gasteiger charge is -2.14. The minimum Gasteiger partial charge on any atom is -0.297 e. The lowest BCUT2D eigenvalue weighted by molar-refractivity contribution is -0.112. The van der Waals surface area contributed by atoms with Crippen molar-refractivity contribution in [3.63, 3.8) is 0 Å². The van der Waals surface area contributed by atoms with E-state index in [1.807, 2.05) is 53.9 Å². The van der Waals surface area contributed by atoms with E-state index in [0.29, 0.717) is 15.1 Å². The summed E-state index contributed by atoms with van der Waals surface area (Å²) in [5, 5.41) is 6.21. The zero-order valence-electron chi connectivity index (χ0n) is 12.5. The van der Waals surface area contributed by atoms with Gasteiger partial charge in [0.2, 0.25) is 0 Å². The average molecular weight is 373 g/mol. The number of anilines is 1. The molecule has 1 aliphatic carbocycles. The van der Waals surface area contributed by atoms with Gasteiger partial charge in [0.15, 0.2) is 5.13 Å². The molecule has 1 aromatic carbocycles. The minimum atomic E-state index is -0.185. The molecule has 1 amide bonds. The molecule has 4 rings (SSSR count). The number of carbonyl (C=O) groups is 1. The molecule has 0 fully saturated rings. The van der Waals surface area contributed by atoms with Gasteiger partial charge in [-0.1, -0.05) is 66.2 Å². The Kier molecular flexibility index (Phi) is 4.31. The highest BCUT2D eigenvalue weighted by atomic mass is 35.5. The van der Waals surface area contributed by atoms with E-state index in [4.69, 9.17) is 11.6 Å². The number of benzene rings is 1. The van der Waals surface area contributed by atoms with Crippen molar-refractivity contribution in [2.75, 3.05) is 5.32 Å². The van der Waals surface area contributed by atoms with Crippen molar-refractivity contribution in [1.82, 2.24) is 4.98 Å². The summed E-state index contributed by atoms with van der Waals surface area (Å²) in [5.41, 5.74) is 1.89. The summed E-state index contributed by atoms with van der Waals surface area (Å²) >= 11 is 9.33. The number of rotatable bonds is 3. The number of hydrogen-bond donors (Lipinski definition) is 1. The van der Waals surface area contributed by atoms with Crippen molar-refractivity contribution >= 4 is 45.7 Å². The Balaban J connectivity index is 1.51. The van der Waals surface area contributed by atoms with Gasteiger partial charge >= 0.3 is 0 Å². The number of nitrogens with zero attached hydrogens (tertiary/aromatic N) is 1. The second kappa shape index (κ2) is 6.59. The number of fused-ring (bicyclic) bond motifs is 1. The topological polar surface area (TPSA) is 42.0 Å². The first-order valence-corrected chi connectivity index (χ1v) is 9.60. The first-order chi connectivity index (χ1) is 11.7. The van der Waals surface area contributed by atoms with Crippen LogP contribution in [0.2, 0.25) is 0 Å². The molecule has 2 atom stereocenters. The number of aromatic nitrogens is 1.